The molecule has 3 N–H and O–H groups in total. The number of hydrogen-bond acceptors (Lipinski definition) is 5. The van der Waals surface area contributed by atoms with Gasteiger partial charge in [0.15, 0.2) is 0 Å². The van der Waals surface area contributed by atoms with Crippen molar-refractivity contribution in [2.24, 2.45) is 23.7 Å². The molecular weight excluding hydrogens is 386 g/mol. The number of likely N-dealkylation sites (tertiary alicyclic amines) is 1. The van der Waals surface area contributed by atoms with Crippen molar-refractivity contribution >= 4 is 17.7 Å². The predicted octanol–water partition coefficient (Wildman–Crippen LogP) is 0.676. The van der Waals surface area contributed by atoms with E-state index in [2.05, 4.69) is 10.6 Å². The van der Waals surface area contributed by atoms with Crippen LogP contribution in [0.5, 0.6) is 0 Å². The third kappa shape index (κ3) is 3.06. The number of carbonyl (C=O) groups excluding carboxylic acids is 3. The molecule has 7 atom stereocenters. The third-order valence-corrected chi connectivity index (χ3v) is 7.67. The second-order valence-corrected chi connectivity index (χ2v) is 9.70. The van der Waals surface area contributed by atoms with Gasteiger partial charge in [-0.3, -0.25) is 14.4 Å². The Morgan fingerprint density at radius 2 is 2.00 bits per heavy atom. The van der Waals surface area contributed by atoms with Crippen molar-refractivity contribution in [2.75, 3.05) is 20.2 Å². The van der Waals surface area contributed by atoms with Gasteiger partial charge >= 0.3 is 0 Å². The van der Waals surface area contributed by atoms with Crippen LogP contribution in [0.15, 0.2) is 0 Å². The normalized spacial score (nSPS) is 38.1. The molecule has 3 aliphatic rings. The lowest BCUT2D eigenvalue weighted by molar-refractivity contribution is -0.151. The molecule has 3 amide bonds. The van der Waals surface area contributed by atoms with Gasteiger partial charge in [-0.05, 0) is 31.6 Å². The summed E-state index contributed by atoms with van der Waals surface area (Å²) in [7, 11) is 1.56. The number of fused-ring (bicyclic) bond motifs is 1. The molecule has 3 fully saturated rings. The summed E-state index contributed by atoms with van der Waals surface area (Å²) in [6, 6.07) is -1.37. The van der Waals surface area contributed by atoms with E-state index in [0.29, 0.717) is 13.0 Å². The highest BCUT2D eigenvalue weighted by atomic mass is 16.5. The van der Waals surface area contributed by atoms with Crippen LogP contribution in [0.3, 0.4) is 0 Å². The Hall–Kier alpha value is -1.67. The van der Waals surface area contributed by atoms with E-state index in [1.54, 1.807) is 7.05 Å². The maximum absolute atomic E-state index is 13.8. The Kier molecular flexibility index (Phi) is 6.22. The van der Waals surface area contributed by atoms with Gasteiger partial charge in [-0.2, -0.15) is 0 Å². The van der Waals surface area contributed by atoms with Gasteiger partial charge < -0.3 is 25.4 Å². The van der Waals surface area contributed by atoms with Crippen LogP contribution in [0, 0.1) is 23.7 Å². The van der Waals surface area contributed by atoms with Crippen molar-refractivity contribution in [1.29, 1.82) is 0 Å². The second kappa shape index (κ2) is 8.11. The van der Waals surface area contributed by atoms with Crippen molar-refractivity contribution in [3.8, 4) is 0 Å². The van der Waals surface area contributed by atoms with Crippen molar-refractivity contribution in [1.82, 2.24) is 15.5 Å². The highest BCUT2D eigenvalue weighted by Crippen LogP contribution is 2.65. The average molecular weight is 424 g/mol. The zero-order valence-electron chi connectivity index (χ0n) is 19.0. The van der Waals surface area contributed by atoms with Gasteiger partial charge in [0.25, 0.3) is 0 Å². The third-order valence-electron chi connectivity index (χ3n) is 7.67. The Morgan fingerprint density at radius 3 is 2.53 bits per heavy atom. The maximum Gasteiger partial charge on any atom is 0.245 e. The standard InChI is InChI=1S/C22H37N3O5/c1-7-8-9-24-19(28)17-22-10-13(4)21(5,30-22)15(18(27)23-6)16(22)20(29)25(17)14(11-26)12(2)3/h12-17,26H,7-11H2,1-6H3,(H,23,27)(H,24,28)/t13?,14-,15-,16-,17?,21+,22?/m0/s1. The highest BCUT2D eigenvalue weighted by Gasteiger charge is 2.80. The molecule has 0 saturated carbocycles. The fraction of sp³-hybridized carbons (Fsp3) is 0.864. The molecule has 0 radical (unpaired) electrons. The molecule has 3 rings (SSSR count). The molecule has 2 bridgehead atoms. The summed E-state index contributed by atoms with van der Waals surface area (Å²) in [5.74, 6) is -2.18. The molecule has 170 valence electrons. The molecule has 3 saturated heterocycles. The summed E-state index contributed by atoms with van der Waals surface area (Å²) < 4.78 is 6.57. The molecule has 0 aromatic heterocycles. The minimum absolute atomic E-state index is 0.0152. The molecule has 0 aliphatic carbocycles. The maximum atomic E-state index is 13.8. The summed E-state index contributed by atoms with van der Waals surface area (Å²) in [5, 5.41) is 15.8. The van der Waals surface area contributed by atoms with Crippen molar-refractivity contribution in [3.05, 3.63) is 0 Å². The topological polar surface area (TPSA) is 108 Å². The van der Waals surface area contributed by atoms with Crippen LogP contribution < -0.4 is 10.6 Å². The Balaban J connectivity index is 2.10. The molecule has 3 heterocycles. The number of hydrogen-bond donors (Lipinski definition) is 3. The van der Waals surface area contributed by atoms with Gasteiger partial charge in [-0.1, -0.05) is 34.1 Å². The van der Waals surface area contributed by atoms with Crippen molar-refractivity contribution in [2.45, 2.75) is 77.2 Å². The monoisotopic (exact) mass is 423 g/mol. The lowest BCUT2D eigenvalue weighted by Crippen LogP contribution is -2.59. The SMILES string of the molecule is CCCCNC(=O)C1N([C@@H](CO)C(C)C)C(=O)[C@@H]2[C@@H](C(=O)NC)[C@]3(C)OC12CC3C. The first kappa shape index (κ1) is 23.0. The largest absolute Gasteiger partial charge is 0.394 e. The molecule has 30 heavy (non-hydrogen) atoms. The Labute approximate surface area is 179 Å². The molecule has 1 spiro atoms. The van der Waals surface area contributed by atoms with Crippen LogP contribution in [0.4, 0.5) is 0 Å². The van der Waals surface area contributed by atoms with Gasteiger partial charge in [0.05, 0.1) is 30.1 Å². The first-order valence-corrected chi connectivity index (χ1v) is 11.2. The number of ether oxygens (including phenoxy) is 1. The van der Waals surface area contributed by atoms with Gasteiger partial charge in [-0.25, -0.2) is 0 Å². The fourth-order valence-electron chi connectivity index (χ4n) is 5.99. The summed E-state index contributed by atoms with van der Waals surface area (Å²) >= 11 is 0. The summed E-state index contributed by atoms with van der Waals surface area (Å²) in [6.07, 6.45) is 2.31. The van der Waals surface area contributed by atoms with Crippen LogP contribution in [0.1, 0.15) is 53.9 Å². The number of carbonyl (C=O) groups is 3. The fourth-order valence-corrected chi connectivity index (χ4v) is 5.99. The summed E-state index contributed by atoms with van der Waals surface area (Å²) in [6.45, 7) is 10.1. The number of rotatable bonds is 8. The quantitative estimate of drug-likeness (QED) is 0.498. The zero-order valence-corrected chi connectivity index (χ0v) is 19.0. The van der Waals surface area contributed by atoms with E-state index in [4.69, 9.17) is 4.74 Å². The van der Waals surface area contributed by atoms with Crippen LogP contribution in [-0.2, 0) is 19.1 Å². The van der Waals surface area contributed by atoms with E-state index >= 15 is 0 Å². The van der Waals surface area contributed by atoms with Crippen molar-refractivity contribution < 1.29 is 24.2 Å². The summed E-state index contributed by atoms with van der Waals surface area (Å²) in [4.78, 5) is 41.6. The second-order valence-electron chi connectivity index (χ2n) is 9.70. The molecule has 8 heteroatoms. The number of nitrogens with zero attached hydrogens (tertiary/aromatic N) is 1. The average Bonchev–Trinajstić information content (AvgIpc) is 3.19. The van der Waals surface area contributed by atoms with Crippen LogP contribution in [0.2, 0.25) is 0 Å². The van der Waals surface area contributed by atoms with Crippen molar-refractivity contribution in [3.63, 3.8) is 0 Å². The Bertz CT molecular complexity index is 713. The molecule has 0 aromatic carbocycles. The minimum Gasteiger partial charge on any atom is -0.394 e. The Morgan fingerprint density at radius 1 is 1.33 bits per heavy atom. The van der Waals surface area contributed by atoms with E-state index in [1.807, 2.05) is 34.6 Å². The zero-order chi connectivity index (χ0) is 22.4. The smallest absolute Gasteiger partial charge is 0.245 e. The van der Waals surface area contributed by atoms with E-state index in [-0.39, 0.29) is 36.2 Å². The molecular formula is C22H37N3O5. The van der Waals surface area contributed by atoms with E-state index < -0.39 is 35.1 Å². The van der Waals surface area contributed by atoms with Crippen LogP contribution in [0.25, 0.3) is 0 Å². The number of nitrogens with one attached hydrogen (secondary N) is 2. The number of unbranched alkanes of at least 4 members (excludes halogenated alkanes) is 1. The van der Waals surface area contributed by atoms with Gasteiger partial charge in [0.1, 0.15) is 11.6 Å². The molecule has 3 aliphatic heterocycles. The number of amides is 3. The minimum atomic E-state index is -1.05. The van der Waals surface area contributed by atoms with Crippen LogP contribution in [-0.4, -0.2) is 71.2 Å². The lowest BCUT2D eigenvalue weighted by atomic mass is 9.62. The van der Waals surface area contributed by atoms with E-state index in [9.17, 15) is 19.5 Å². The van der Waals surface area contributed by atoms with Gasteiger partial charge in [-0.15, -0.1) is 0 Å². The van der Waals surface area contributed by atoms with Gasteiger partial charge in [0, 0.05) is 13.6 Å². The first-order valence-electron chi connectivity index (χ1n) is 11.2. The highest BCUT2D eigenvalue weighted by molar-refractivity contribution is 5.99. The number of aliphatic hydroxyl groups is 1. The van der Waals surface area contributed by atoms with E-state index in [1.165, 1.54) is 4.90 Å². The van der Waals surface area contributed by atoms with Crippen LogP contribution >= 0.6 is 0 Å². The number of aliphatic hydroxyl groups excluding tert-OH is 1. The molecule has 0 aromatic rings. The lowest BCUT2D eigenvalue weighted by Gasteiger charge is -2.38. The molecule has 3 unspecified atom stereocenters. The summed E-state index contributed by atoms with van der Waals surface area (Å²) in [5.41, 5.74) is -1.86. The first-order chi connectivity index (χ1) is 14.1. The van der Waals surface area contributed by atoms with E-state index in [0.717, 1.165) is 12.8 Å². The molecule has 8 nitrogen and oxygen atoms in total. The van der Waals surface area contributed by atoms with Gasteiger partial charge in [0.2, 0.25) is 17.7 Å². The predicted molar refractivity (Wildman–Crippen MR) is 111 cm³/mol.